The third kappa shape index (κ3) is 2.45. The van der Waals surface area contributed by atoms with Gasteiger partial charge in [-0.1, -0.05) is 0 Å². The summed E-state index contributed by atoms with van der Waals surface area (Å²) in [6, 6.07) is 0. The van der Waals surface area contributed by atoms with Crippen molar-refractivity contribution in [3.8, 4) is 0 Å². The Morgan fingerprint density at radius 3 is 2.45 bits per heavy atom. The van der Waals surface area contributed by atoms with Gasteiger partial charge >= 0.3 is 0 Å². The Hall–Kier alpha value is -0.0900. The molecule has 1 rings (SSSR count). The number of rotatable bonds is 1. The molecule has 66 valence electrons. The van der Waals surface area contributed by atoms with Crippen molar-refractivity contribution in [1.29, 1.82) is 0 Å². The van der Waals surface area contributed by atoms with Crippen LogP contribution in [0, 0.1) is 0 Å². The van der Waals surface area contributed by atoms with Gasteiger partial charge in [-0.3, -0.25) is 0 Å². The van der Waals surface area contributed by atoms with Crippen molar-refractivity contribution in [2.75, 3.05) is 12.9 Å². The first-order valence-electron chi connectivity index (χ1n) is 3.80. The van der Waals surface area contributed by atoms with Gasteiger partial charge < -0.3 is 4.74 Å². The van der Waals surface area contributed by atoms with E-state index in [-0.39, 0.29) is 11.4 Å². The molecular formula is C7H14O3S. The molecule has 0 saturated carbocycles. The lowest BCUT2D eigenvalue weighted by molar-refractivity contribution is 0.0302. The number of hydrogen-bond donors (Lipinski definition) is 0. The molecule has 1 heterocycles. The van der Waals surface area contributed by atoms with Crippen LogP contribution in [0.1, 0.15) is 19.8 Å². The molecule has 3 nitrogen and oxygen atoms in total. The smallest absolute Gasteiger partial charge is 0.150 e. The predicted molar refractivity (Wildman–Crippen MR) is 43.3 cm³/mol. The van der Waals surface area contributed by atoms with Crippen molar-refractivity contribution in [2.24, 2.45) is 0 Å². The van der Waals surface area contributed by atoms with Crippen molar-refractivity contribution < 1.29 is 13.2 Å². The molecule has 0 amide bonds. The molecule has 1 aliphatic heterocycles. The monoisotopic (exact) mass is 178 g/mol. The molecule has 0 aromatic rings. The van der Waals surface area contributed by atoms with Crippen LogP contribution in [0.4, 0.5) is 0 Å². The summed E-state index contributed by atoms with van der Waals surface area (Å²) in [7, 11) is -2.84. The summed E-state index contributed by atoms with van der Waals surface area (Å²) in [4.78, 5) is 0. The lowest BCUT2D eigenvalue weighted by atomic mass is 10.1. The Morgan fingerprint density at radius 2 is 2.09 bits per heavy atom. The average Bonchev–Trinajstić information content (AvgIpc) is 1.86. The van der Waals surface area contributed by atoms with Gasteiger partial charge in [-0.2, -0.15) is 0 Å². The van der Waals surface area contributed by atoms with E-state index in [0.29, 0.717) is 19.4 Å². The zero-order valence-corrected chi connectivity index (χ0v) is 7.73. The quantitative estimate of drug-likeness (QED) is 0.590. The highest BCUT2D eigenvalue weighted by Crippen LogP contribution is 2.19. The van der Waals surface area contributed by atoms with Gasteiger partial charge in [0.2, 0.25) is 0 Å². The highest BCUT2D eigenvalue weighted by molar-refractivity contribution is 7.91. The Kier molecular flexibility index (Phi) is 2.54. The van der Waals surface area contributed by atoms with Crippen LogP contribution in [-0.2, 0) is 14.6 Å². The summed E-state index contributed by atoms with van der Waals surface area (Å²) in [5, 5.41) is -0.175. The van der Waals surface area contributed by atoms with E-state index in [1.807, 2.05) is 6.92 Å². The van der Waals surface area contributed by atoms with Crippen molar-refractivity contribution >= 4 is 9.84 Å². The normalized spacial score (nSPS) is 33.6. The van der Waals surface area contributed by atoms with Crippen LogP contribution < -0.4 is 0 Å². The molecule has 0 N–H and O–H groups in total. The summed E-state index contributed by atoms with van der Waals surface area (Å²) >= 11 is 0. The maximum atomic E-state index is 11.1. The van der Waals surface area contributed by atoms with E-state index in [1.165, 1.54) is 6.26 Å². The van der Waals surface area contributed by atoms with Gasteiger partial charge in [-0.15, -0.1) is 0 Å². The number of sulfone groups is 1. The first-order valence-corrected chi connectivity index (χ1v) is 5.76. The molecule has 1 fully saturated rings. The van der Waals surface area contributed by atoms with Crippen LogP contribution in [0.2, 0.25) is 0 Å². The Morgan fingerprint density at radius 1 is 1.45 bits per heavy atom. The molecule has 0 spiro atoms. The summed E-state index contributed by atoms with van der Waals surface area (Å²) in [5.74, 6) is 0. The van der Waals surface area contributed by atoms with E-state index in [0.717, 1.165) is 0 Å². The first kappa shape index (κ1) is 9.00. The van der Waals surface area contributed by atoms with E-state index in [2.05, 4.69) is 0 Å². The molecule has 0 aromatic heterocycles. The van der Waals surface area contributed by atoms with Crippen LogP contribution >= 0.6 is 0 Å². The van der Waals surface area contributed by atoms with Crippen LogP contribution in [-0.4, -0.2) is 32.6 Å². The molecule has 1 saturated heterocycles. The number of ether oxygens (including phenoxy) is 1. The van der Waals surface area contributed by atoms with Gasteiger partial charge in [0.25, 0.3) is 0 Å². The van der Waals surface area contributed by atoms with Gasteiger partial charge in [-0.25, -0.2) is 8.42 Å². The maximum Gasteiger partial charge on any atom is 0.150 e. The molecule has 0 aliphatic carbocycles. The largest absolute Gasteiger partial charge is 0.378 e. The zero-order valence-electron chi connectivity index (χ0n) is 6.91. The fourth-order valence-corrected chi connectivity index (χ4v) is 2.49. The molecule has 1 aliphatic rings. The van der Waals surface area contributed by atoms with E-state index in [9.17, 15) is 8.42 Å². The van der Waals surface area contributed by atoms with Crippen LogP contribution in [0.15, 0.2) is 0 Å². The Labute approximate surface area is 67.7 Å². The molecule has 4 heteroatoms. The minimum atomic E-state index is -2.84. The third-order valence-electron chi connectivity index (χ3n) is 2.04. The summed E-state index contributed by atoms with van der Waals surface area (Å²) in [5.41, 5.74) is 0. The molecule has 0 bridgehead atoms. The Bertz CT molecular complexity index is 220. The van der Waals surface area contributed by atoms with Crippen molar-refractivity contribution in [1.82, 2.24) is 0 Å². The molecule has 2 atom stereocenters. The first-order chi connectivity index (χ1) is 5.00. The standard InChI is InChI=1S/C7H14O3S/c1-6-5-7(3-4-10-6)11(2,8)9/h6-7H,3-5H2,1-2H3. The second-order valence-electron chi connectivity index (χ2n) is 3.16. The van der Waals surface area contributed by atoms with Crippen LogP contribution in [0.25, 0.3) is 0 Å². The van der Waals surface area contributed by atoms with E-state index in [1.54, 1.807) is 0 Å². The van der Waals surface area contributed by atoms with Crippen LogP contribution in [0.3, 0.4) is 0 Å². The summed E-state index contributed by atoms with van der Waals surface area (Å²) in [6.45, 7) is 2.50. The second kappa shape index (κ2) is 3.11. The minimum absolute atomic E-state index is 0.100. The van der Waals surface area contributed by atoms with Gasteiger partial charge in [0.05, 0.1) is 11.4 Å². The SMILES string of the molecule is CC1CC(S(C)(=O)=O)CCO1. The van der Waals surface area contributed by atoms with Gasteiger partial charge in [0.15, 0.2) is 0 Å². The van der Waals surface area contributed by atoms with Crippen molar-refractivity contribution in [3.05, 3.63) is 0 Å². The van der Waals surface area contributed by atoms with Crippen molar-refractivity contribution in [2.45, 2.75) is 31.1 Å². The minimum Gasteiger partial charge on any atom is -0.378 e. The molecule has 0 radical (unpaired) electrons. The van der Waals surface area contributed by atoms with Gasteiger partial charge in [0.1, 0.15) is 9.84 Å². The molecule has 0 aromatic carbocycles. The molecular weight excluding hydrogens is 164 g/mol. The third-order valence-corrected chi connectivity index (χ3v) is 3.68. The van der Waals surface area contributed by atoms with E-state index < -0.39 is 9.84 Å². The maximum absolute atomic E-state index is 11.1. The Balaban J connectivity index is 2.60. The molecule has 2 unspecified atom stereocenters. The second-order valence-corrected chi connectivity index (χ2v) is 5.48. The van der Waals surface area contributed by atoms with Gasteiger partial charge in [0, 0.05) is 12.9 Å². The highest BCUT2D eigenvalue weighted by atomic mass is 32.2. The fraction of sp³-hybridized carbons (Fsp3) is 1.00. The fourth-order valence-electron chi connectivity index (χ4n) is 1.35. The zero-order chi connectivity index (χ0) is 8.48. The number of hydrogen-bond acceptors (Lipinski definition) is 3. The predicted octanol–water partition coefficient (Wildman–Crippen LogP) is 0.599. The summed E-state index contributed by atoms with van der Waals surface area (Å²) < 4.78 is 27.4. The lowest BCUT2D eigenvalue weighted by Gasteiger charge is -2.25. The highest BCUT2D eigenvalue weighted by Gasteiger charge is 2.26. The average molecular weight is 178 g/mol. The molecule has 11 heavy (non-hydrogen) atoms. The van der Waals surface area contributed by atoms with E-state index in [4.69, 9.17) is 4.74 Å². The topological polar surface area (TPSA) is 43.4 Å². The summed E-state index contributed by atoms with van der Waals surface area (Å²) in [6.07, 6.45) is 2.71. The van der Waals surface area contributed by atoms with Crippen LogP contribution in [0.5, 0.6) is 0 Å². The van der Waals surface area contributed by atoms with Crippen molar-refractivity contribution in [3.63, 3.8) is 0 Å². The lowest BCUT2D eigenvalue weighted by Crippen LogP contribution is -2.32. The van der Waals surface area contributed by atoms with Gasteiger partial charge in [-0.05, 0) is 19.8 Å². The van der Waals surface area contributed by atoms with E-state index >= 15 is 0 Å².